The predicted octanol–water partition coefficient (Wildman–Crippen LogP) is 4.88. The number of benzene rings is 2. The number of aliphatic hydroxyl groups is 1. The molecule has 4 rings (SSSR count). The quantitative estimate of drug-likeness (QED) is 0.667. The summed E-state index contributed by atoms with van der Waals surface area (Å²) in [6.07, 6.45) is 2.70. The molecule has 7 heteroatoms. The molecule has 1 aliphatic carbocycles. The topological polar surface area (TPSA) is 78.9 Å². The number of nitrogens with one attached hydrogen (secondary N) is 1. The van der Waals surface area contributed by atoms with Gasteiger partial charge < -0.3 is 20.1 Å². The third-order valence-electron chi connectivity index (χ3n) is 6.94. The molecule has 176 valence electrons. The van der Waals surface area contributed by atoms with Crippen molar-refractivity contribution >= 4 is 23.6 Å². The van der Waals surface area contributed by atoms with Crippen LogP contribution in [0.2, 0.25) is 5.02 Å². The molecule has 2 aromatic carbocycles. The van der Waals surface area contributed by atoms with E-state index < -0.39 is 11.7 Å². The Morgan fingerprint density at radius 1 is 1.03 bits per heavy atom. The van der Waals surface area contributed by atoms with Crippen molar-refractivity contribution in [3.05, 3.63) is 65.2 Å². The Labute approximate surface area is 199 Å². The highest BCUT2D eigenvalue weighted by Gasteiger charge is 2.46. The summed E-state index contributed by atoms with van der Waals surface area (Å²) in [6.45, 7) is 3.96. The fourth-order valence-electron chi connectivity index (χ4n) is 5.52. The molecule has 2 N–H and O–H groups in total. The number of amides is 2. The first-order chi connectivity index (χ1) is 15.8. The molecule has 1 aliphatic heterocycles. The van der Waals surface area contributed by atoms with Gasteiger partial charge in [-0.25, -0.2) is 4.79 Å². The Balaban J connectivity index is 1.42. The first-order valence-corrected chi connectivity index (χ1v) is 12.0. The number of hydrogen-bond acceptors (Lipinski definition) is 4. The van der Waals surface area contributed by atoms with Gasteiger partial charge in [0, 0.05) is 36.0 Å². The molecular formula is C26H31ClN2O4. The summed E-state index contributed by atoms with van der Waals surface area (Å²) in [5.74, 6) is 0.214. The van der Waals surface area contributed by atoms with Gasteiger partial charge in [-0.2, -0.15) is 0 Å². The van der Waals surface area contributed by atoms with Crippen molar-refractivity contribution in [3.63, 3.8) is 0 Å². The summed E-state index contributed by atoms with van der Waals surface area (Å²) in [5, 5.41) is 14.9. The highest BCUT2D eigenvalue weighted by Crippen LogP contribution is 2.41. The molecule has 2 aliphatic rings. The van der Waals surface area contributed by atoms with Crippen molar-refractivity contribution in [2.75, 3.05) is 0 Å². The fraction of sp³-hybridized carbons (Fsp3) is 0.462. The molecule has 1 saturated carbocycles. The van der Waals surface area contributed by atoms with Crippen LogP contribution in [0.25, 0.3) is 0 Å². The molecule has 33 heavy (non-hydrogen) atoms. The third kappa shape index (κ3) is 5.17. The standard InChI is InChI=1S/C26H31ClN2O4/c1-17-15-26(32,19-11-13-20(27)14-12-19)16-18(2)29(17)24(30)22-9-6-10-23(22)28-25(31)33-21-7-4-3-5-8-21/h3-5,7-8,11-14,17-18,22-23,32H,6,9-10,15-16H2,1-2H3,(H,28,31)/t17-,18?,22?,23?,26?/m0/s1. The van der Waals surface area contributed by atoms with E-state index in [4.69, 9.17) is 16.3 Å². The van der Waals surface area contributed by atoms with E-state index in [0.717, 1.165) is 24.8 Å². The largest absolute Gasteiger partial charge is 0.412 e. The summed E-state index contributed by atoms with van der Waals surface area (Å²) in [6, 6.07) is 15.6. The van der Waals surface area contributed by atoms with Crippen LogP contribution in [0.4, 0.5) is 4.79 Å². The van der Waals surface area contributed by atoms with Gasteiger partial charge >= 0.3 is 6.09 Å². The second-order valence-corrected chi connectivity index (χ2v) is 9.82. The minimum absolute atomic E-state index is 0.0377. The van der Waals surface area contributed by atoms with Crippen LogP contribution in [-0.2, 0) is 10.4 Å². The molecule has 2 amide bonds. The van der Waals surface area contributed by atoms with Crippen LogP contribution < -0.4 is 10.1 Å². The molecule has 0 spiro atoms. The highest BCUT2D eigenvalue weighted by molar-refractivity contribution is 6.30. The van der Waals surface area contributed by atoms with Gasteiger partial charge in [-0.3, -0.25) is 4.79 Å². The van der Waals surface area contributed by atoms with Gasteiger partial charge in [0.2, 0.25) is 5.91 Å². The minimum atomic E-state index is -1.01. The second kappa shape index (κ2) is 9.74. The van der Waals surface area contributed by atoms with Crippen molar-refractivity contribution in [2.24, 2.45) is 5.92 Å². The van der Waals surface area contributed by atoms with Crippen molar-refractivity contribution in [2.45, 2.75) is 69.7 Å². The molecule has 2 aromatic rings. The summed E-state index contributed by atoms with van der Waals surface area (Å²) in [4.78, 5) is 27.9. The van der Waals surface area contributed by atoms with E-state index in [9.17, 15) is 14.7 Å². The highest BCUT2D eigenvalue weighted by atomic mass is 35.5. The third-order valence-corrected chi connectivity index (χ3v) is 7.19. The van der Waals surface area contributed by atoms with Gasteiger partial charge in [0.05, 0.1) is 11.5 Å². The Morgan fingerprint density at radius 3 is 2.30 bits per heavy atom. The lowest BCUT2D eigenvalue weighted by atomic mass is 9.77. The average molecular weight is 471 g/mol. The lowest BCUT2D eigenvalue weighted by molar-refractivity contribution is -0.150. The Kier molecular flexibility index (Phi) is 6.96. The first-order valence-electron chi connectivity index (χ1n) is 11.6. The number of rotatable bonds is 4. The minimum Gasteiger partial charge on any atom is -0.410 e. The van der Waals surface area contributed by atoms with E-state index in [0.29, 0.717) is 23.6 Å². The lowest BCUT2D eigenvalue weighted by Crippen LogP contribution is -2.57. The maximum Gasteiger partial charge on any atom is 0.412 e. The van der Waals surface area contributed by atoms with Gasteiger partial charge in [-0.15, -0.1) is 0 Å². The monoisotopic (exact) mass is 470 g/mol. The van der Waals surface area contributed by atoms with E-state index in [2.05, 4.69) is 5.32 Å². The zero-order valence-electron chi connectivity index (χ0n) is 19.0. The van der Waals surface area contributed by atoms with Crippen LogP contribution in [-0.4, -0.2) is 40.1 Å². The number of piperidine rings is 1. The van der Waals surface area contributed by atoms with Crippen molar-refractivity contribution in [1.29, 1.82) is 0 Å². The van der Waals surface area contributed by atoms with Crippen molar-refractivity contribution < 1.29 is 19.4 Å². The first kappa shape index (κ1) is 23.6. The van der Waals surface area contributed by atoms with E-state index in [1.54, 1.807) is 36.4 Å². The van der Waals surface area contributed by atoms with Gasteiger partial charge in [-0.1, -0.05) is 48.4 Å². The average Bonchev–Trinajstić information content (AvgIpc) is 3.22. The van der Waals surface area contributed by atoms with Crippen LogP contribution in [0.1, 0.15) is 51.5 Å². The molecule has 5 atom stereocenters. The number of likely N-dealkylation sites (tertiary alicyclic amines) is 1. The molecule has 0 bridgehead atoms. The molecule has 1 saturated heterocycles. The number of carbonyl (C=O) groups excluding carboxylic acids is 2. The molecule has 0 aromatic heterocycles. The Hall–Kier alpha value is -2.57. The molecule has 0 radical (unpaired) electrons. The van der Waals surface area contributed by atoms with Gasteiger partial charge in [0.25, 0.3) is 0 Å². The lowest BCUT2D eigenvalue weighted by Gasteiger charge is -2.48. The smallest absolute Gasteiger partial charge is 0.410 e. The number of para-hydroxylation sites is 1. The van der Waals surface area contributed by atoms with Crippen LogP contribution >= 0.6 is 11.6 Å². The molecule has 1 heterocycles. The van der Waals surface area contributed by atoms with Crippen LogP contribution in [0.3, 0.4) is 0 Å². The second-order valence-electron chi connectivity index (χ2n) is 9.38. The van der Waals surface area contributed by atoms with E-state index in [-0.39, 0.29) is 30.0 Å². The van der Waals surface area contributed by atoms with Crippen LogP contribution in [0.15, 0.2) is 54.6 Å². The normalized spacial score (nSPS) is 29.5. The van der Waals surface area contributed by atoms with Crippen LogP contribution in [0, 0.1) is 5.92 Å². The maximum absolute atomic E-state index is 13.6. The van der Waals surface area contributed by atoms with Gasteiger partial charge in [0.1, 0.15) is 5.75 Å². The Bertz CT molecular complexity index is 970. The summed E-state index contributed by atoms with van der Waals surface area (Å²) in [7, 11) is 0. The summed E-state index contributed by atoms with van der Waals surface area (Å²) < 4.78 is 5.36. The fourth-order valence-corrected chi connectivity index (χ4v) is 5.64. The zero-order valence-corrected chi connectivity index (χ0v) is 19.8. The van der Waals surface area contributed by atoms with E-state index >= 15 is 0 Å². The van der Waals surface area contributed by atoms with Crippen LogP contribution in [0.5, 0.6) is 5.75 Å². The predicted molar refractivity (Wildman–Crippen MR) is 127 cm³/mol. The van der Waals surface area contributed by atoms with E-state index in [1.165, 1.54) is 0 Å². The maximum atomic E-state index is 13.6. The SMILES string of the molecule is CC1CC(O)(c2ccc(Cl)cc2)C[C@H](C)N1C(=O)C1CCCC1NC(=O)Oc1ccccc1. The van der Waals surface area contributed by atoms with Gasteiger partial charge in [0.15, 0.2) is 0 Å². The number of ether oxygens (including phenoxy) is 1. The molecular weight excluding hydrogens is 440 g/mol. The number of carbonyl (C=O) groups is 2. The molecule has 2 fully saturated rings. The van der Waals surface area contributed by atoms with Crippen molar-refractivity contribution in [3.8, 4) is 5.75 Å². The molecule has 4 unspecified atom stereocenters. The Morgan fingerprint density at radius 2 is 1.67 bits per heavy atom. The van der Waals surface area contributed by atoms with E-state index in [1.807, 2.05) is 36.9 Å². The summed E-state index contributed by atoms with van der Waals surface area (Å²) >= 11 is 6.01. The summed E-state index contributed by atoms with van der Waals surface area (Å²) in [5.41, 5.74) is -0.186. The number of hydrogen-bond donors (Lipinski definition) is 2. The zero-order chi connectivity index (χ0) is 23.6. The number of nitrogens with zero attached hydrogens (tertiary/aromatic N) is 1. The van der Waals surface area contributed by atoms with Gasteiger partial charge in [-0.05, 0) is 56.5 Å². The van der Waals surface area contributed by atoms with Crippen molar-refractivity contribution in [1.82, 2.24) is 10.2 Å². The molecule has 6 nitrogen and oxygen atoms in total. The number of halogens is 1.